The third-order valence-corrected chi connectivity index (χ3v) is 15.5. The van der Waals surface area contributed by atoms with Gasteiger partial charge in [-0.15, -0.1) is 0 Å². The van der Waals surface area contributed by atoms with E-state index in [-0.39, 0.29) is 34.1 Å². The smallest absolute Gasteiger partial charge is 0.325 e. The van der Waals surface area contributed by atoms with Gasteiger partial charge in [0.05, 0.1) is 17.6 Å². The summed E-state index contributed by atoms with van der Waals surface area (Å²) >= 11 is 0. The van der Waals surface area contributed by atoms with Crippen LogP contribution in [0.25, 0.3) is 0 Å². The van der Waals surface area contributed by atoms with Gasteiger partial charge in [0, 0.05) is 29.1 Å². The van der Waals surface area contributed by atoms with Gasteiger partial charge in [0.15, 0.2) is 0 Å². The highest BCUT2D eigenvalue weighted by atomic mass is 16.2. The Kier molecular flexibility index (Phi) is 5.37. The molecule has 7 aliphatic carbocycles. The van der Waals surface area contributed by atoms with E-state index in [4.69, 9.17) is 0 Å². The molecule has 3 N–H and O–H groups in total. The van der Waals surface area contributed by atoms with Crippen molar-refractivity contribution in [1.29, 1.82) is 0 Å². The fourth-order valence-electron chi connectivity index (χ4n) is 13.8. The molecule has 240 valence electrons. The standard InChI is InChI=1S/C38H50N4O3/c1-22-5-25-15-37(12-22)21-38(37,16-25)33(44)40-29-9-28(39-32(43)35(2)13-26-7-27-17-36(27,14-26)20-35)10-30(11-29)41-34(45)42-18-24-4-3-23(6-24)8-31(42)19-42/h9-11,22-27,31H,3-8,12-21H2,1-2H3,(H2-,39,40,41,43,44,45)/p+1. The van der Waals surface area contributed by atoms with Gasteiger partial charge in [-0.25, -0.2) is 9.28 Å². The topological polar surface area (TPSA) is 87.3 Å². The predicted molar refractivity (Wildman–Crippen MR) is 173 cm³/mol. The van der Waals surface area contributed by atoms with Crippen molar-refractivity contribution in [3.8, 4) is 0 Å². The van der Waals surface area contributed by atoms with Crippen LogP contribution in [0.15, 0.2) is 18.2 Å². The molecule has 12 unspecified atom stereocenters. The number of nitrogens with zero attached hydrogens (tertiary/aromatic N) is 1. The van der Waals surface area contributed by atoms with E-state index in [9.17, 15) is 14.4 Å². The van der Waals surface area contributed by atoms with Crippen molar-refractivity contribution in [2.75, 3.05) is 29.0 Å². The van der Waals surface area contributed by atoms with Crippen molar-refractivity contribution in [1.82, 2.24) is 0 Å². The number of hydrogen-bond acceptors (Lipinski definition) is 3. The van der Waals surface area contributed by atoms with Gasteiger partial charge in [0.1, 0.15) is 12.6 Å². The van der Waals surface area contributed by atoms with Crippen LogP contribution in [0.2, 0.25) is 0 Å². The molecule has 9 aliphatic rings. The first-order valence-electron chi connectivity index (χ1n) is 18.5. The van der Waals surface area contributed by atoms with E-state index in [2.05, 4.69) is 29.8 Å². The zero-order valence-corrected chi connectivity index (χ0v) is 27.3. The first-order valence-corrected chi connectivity index (χ1v) is 18.5. The molecule has 7 heteroatoms. The highest BCUT2D eigenvalue weighted by Gasteiger charge is 2.76. The van der Waals surface area contributed by atoms with Crippen molar-refractivity contribution in [3.63, 3.8) is 0 Å². The summed E-state index contributed by atoms with van der Waals surface area (Å²) in [6.45, 7) is 6.43. The Morgan fingerprint density at radius 2 is 1.44 bits per heavy atom. The fraction of sp³-hybridized carbons (Fsp3) is 0.763. The minimum atomic E-state index is -0.370. The lowest BCUT2D eigenvalue weighted by Crippen LogP contribution is -2.42. The van der Waals surface area contributed by atoms with Crippen molar-refractivity contribution in [3.05, 3.63) is 18.2 Å². The summed E-state index contributed by atoms with van der Waals surface area (Å²) in [5.74, 6) is 4.56. The number of urea groups is 1. The Labute approximate surface area is 267 Å². The Morgan fingerprint density at radius 3 is 2.24 bits per heavy atom. The first kappa shape index (κ1) is 27.7. The molecule has 6 bridgehead atoms. The van der Waals surface area contributed by atoms with Crippen molar-refractivity contribution in [2.24, 2.45) is 57.2 Å². The van der Waals surface area contributed by atoms with Crippen molar-refractivity contribution < 1.29 is 18.9 Å². The van der Waals surface area contributed by atoms with E-state index in [1.807, 2.05) is 18.2 Å². The maximum atomic E-state index is 14.0. The maximum absolute atomic E-state index is 14.0. The van der Waals surface area contributed by atoms with Crippen molar-refractivity contribution >= 4 is 34.9 Å². The second-order valence-electron chi connectivity index (χ2n) is 18.8. The number of carbonyl (C=O) groups excluding carboxylic acids is 3. The third-order valence-electron chi connectivity index (χ3n) is 15.5. The summed E-state index contributed by atoms with van der Waals surface area (Å²) in [7, 11) is 0. The Morgan fingerprint density at radius 1 is 0.711 bits per heavy atom. The molecule has 4 amide bonds. The van der Waals surface area contributed by atoms with Crippen LogP contribution in [0.4, 0.5) is 21.9 Å². The van der Waals surface area contributed by atoms with Crippen LogP contribution in [0, 0.1) is 57.2 Å². The summed E-state index contributed by atoms with van der Waals surface area (Å²) in [4.78, 5) is 42.0. The number of nitrogens with one attached hydrogen (secondary N) is 3. The molecule has 2 heterocycles. The zero-order valence-electron chi connectivity index (χ0n) is 27.3. The lowest BCUT2D eigenvalue weighted by Gasteiger charge is -2.38. The Hall–Kier alpha value is -2.41. The third kappa shape index (κ3) is 4.00. The number of carbonyl (C=O) groups is 3. The highest BCUT2D eigenvalue weighted by Crippen LogP contribution is 2.80. The molecular weight excluding hydrogens is 560 g/mol. The van der Waals surface area contributed by atoms with E-state index in [1.54, 1.807) is 0 Å². The normalized spacial score (nSPS) is 50.4. The molecule has 7 nitrogen and oxygen atoms in total. The van der Waals surface area contributed by atoms with E-state index in [0.29, 0.717) is 56.7 Å². The van der Waals surface area contributed by atoms with Gasteiger partial charge < -0.3 is 10.6 Å². The molecule has 2 saturated heterocycles. The lowest BCUT2D eigenvalue weighted by atomic mass is 9.66. The number of hydrogen-bond donors (Lipinski definition) is 3. The van der Waals surface area contributed by atoms with Gasteiger partial charge in [0.25, 0.3) is 0 Å². The van der Waals surface area contributed by atoms with Crippen LogP contribution in [0.5, 0.6) is 0 Å². The summed E-state index contributed by atoms with van der Waals surface area (Å²) in [5.41, 5.74) is 2.03. The van der Waals surface area contributed by atoms with Crippen molar-refractivity contribution in [2.45, 2.75) is 110 Å². The number of amides is 4. The van der Waals surface area contributed by atoms with Gasteiger partial charge in [-0.3, -0.25) is 14.9 Å². The van der Waals surface area contributed by atoms with Crippen LogP contribution < -0.4 is 16.0 Å². The monoisotopic (exact) mass is 611 g/mol. The zero-order chi connectivity index (χ0) is 30.6. The number of benzene rings is 1. The van der Waals surface area contributed by atoms with E-state index >= 15 is 0 Å². The quantitative estimate of drug-likeness (QED) is 0.237. The summed E-state index contributed by atoms with van der Waals surface area (Å²) in [6, 6.07) is 6.31. The van der Waals surface area contributed by atoms with Crippen LogP contribution >= 0.6 is 0 Å². The molecular formula is C38H51N4O3+. The van der Waals surface area contributed by atoms with E-state index in [0.717, 1.165) is 50.6 Å². The van der Waals surface area contributed by atoms with Crippen LogP contribution in [-0.4, -0.2) is 41.5 Å². The highest BCUT2D eigenvalue weighted by molar-refractivity contribution is 6.02. The minimum absolute atomic E-state index is 0.0845. The first-order chi connectivity index (χ1) is 21.5. The van der Waals surface area contributed by atoms with Gasteiger partial charge in [-0.05, 0) is 142 Å². The van der Waals surface area contributed by atoms with Gasteiger partial charge in [0.2, 0.25) is 11.8 Å². The molecule has 9 fully saturated rings. The average molecular weight is 612 g/mol. The second-order valence-corrected chi connectivity index (χ2v) is 18.8. The maximum Gasteiger partial charge on any atom is 0.421 e. The van der Waals surface area contributed by atoms with Gasteiger partial charge >= 0.3 is 6.03 Å². The SMILES string of the molecule is CC1CC2CC3(C1)CC3(C(=O)Nc1cc(NC(=O)C3(C)CC4CC5CC5(C4)C3)cc(NC(=O)[N+]34CC5CCC(C5)CC3C4)c1)C2. The molecule has 1 aromatic rings. The number of quaternary nitrogens is 1. The minimum Gasteiger partial charge on any atom is -0.325 e. The Bertz CT molecular complexity index is 1540. The number of rotatable bonds is 5. The van der Waals surface area contributed by atoms with Gasteiger partial charge in [-0.2, -0.15) is 0 Å². The number of fused-ring (bicyclic) bond motifs is 5. The molecule has 0 aromatic heterocycles. The molecule has 2 spiro atoms. The van der Waals surface area contributed by atoms with Crippen LogP contribution in [0.1, 0.15) is 104 Å². The molecule has 1 aromatic carbocycles. The Balaban J connectivity index is 0.921. The van der Waals surface area contributed by atoms with E-state index < -0.39 is 0 Å². The molecule has 0 radical (unpaired) electrons. The van der Waals surface area contributed by atoms with E-state index in [1.165, 1.54) is 64.2 Å². The average Bonchev–Trinajstić information content (AvgIpc) is 3.82. The molecule has 45 heavy (non-hydrogen) atoms. The second kappa shape index (κ2) is 8.73. The molecule has 2 aliphatic heterocycles. The predicted octanol–water partition coefficient (Wildman–Crippen LogP) is 7.55. The largest absolute Gasteiger partial charge is 0.421 e. The van der Waals surface area contributed by atoms with Crippen LogP contribution in [-0.2, 0) is 9.59 Å². The summed E-state index contributed by atoms with van der Waals surface area (Å²) in [5, 5.41) is 9.92. The molecule has 10 rings (SSSR count). The van der Waals surface area contributed by atoms with Gasteiger partial charge in [-0.1, -0.05) is 13.8 Å². The summed E-state index contributed by atoms with van der Waals surface area (Å²) in [6.07, 6.45) is 16.5. The fourth-order valence-corrected chi connectivity index (χ4v) is 13.8. The molecule has 12 atom stereocenters. The summed E-state index contributed by atoms with van der Waals surface area (Å²) < 4.78 is 0.563. The van der Waals surface area contributed by atoms with Crippen LogP contribution in [0.3, 0.4) is 0 Å². The lowest BCUT2D eigenvalue weighted by molar-refractivity contribution is -0.729. The number of anilines is 3. The molecule has 7 saturated carbocycles.